The molecule has 1 aliphatic heterocycles. The zero-order valence-corrected chi connectivity index (χ0v) is 20.0. The number of likely N-dealkylation sites (N-methyl/N-ethyl adjacent to an activating group) is 2. The predicted octanol–water partition coefficient (Wildman–Crippen LogP) is 1.71. The fourth-order valence-corrected chi connectivity index (χ4v) is 4.06. The molecule has 3 rings (SSSR count). The summed E-state index contributed by atoms with van der Waals surface area (Å²) in [7, 11) is 3.76. The van der Waals surface area contributed by atoms with E-state index in [-0.39, 0.29) is 6.61 Å². The normalized spacial score (nSPS) is 16.4. The quantitative estimate of drug-likeness (QED) is 0.534. The van der Waals surface area contributed by atoms with Crippen LogP contribution in [0.15, 0.2) is 30.6 Å². The molecule has 0 radical (unpaired) electrons. The van der Waals surface area contributed by atoms with Crippen molar-refractivity contribution in [3.63, 3.8) is 0 Å². The average Bonchev–Trinajstić information content (AvgIpc) is 3.21. The van der Waals surface area contributed by atoms with E-state index in [1.54, 1.807) is 7.11 Å². The molecule has 178 valence electrons. The number of aliphatic hydroxyl groups excluding tert-OH is 1. The van der Waals surface area contributed by atoms with Crippen molar-refractivity contribution in [2.75, 3.05) is 66.6 Å². The van der Waals surface area contributed by atoms with E-state index in [1.807, 2.05) is 31.5 Å². The fourth-order valence-electron chi connectivity index (χ4n) is 4.06. The number of aliphatic hydroxyl groups is 1. The number of piperazine rings is 1. The van der Waals surface area contributed by atoms with Gasteiger partial charge in [0.2, 0.25) is 0 Å². The van der Waals surface area contributed by atoms with Crippen molar-refractivity contribution in [2.24, 2.45) is 0 Å². The zero-order valence-electron chi connectivity index (χ0n) is 20.0. The third-order valence-corrected chi connectivity index (χ3v) is 6.14. The third kappa shape index (κ3) is 7.20. The van der Waals surface area contributed by atoms with Gasteiger partial charge in [-0.15, -0.1) is 0 Å². The maximum absolute atomic E-state index is 10.4. The van der Waals surface area contributed by atoms with Gasteiger partial charge in [-0.1, -0.05) is 13.0 Å². The largest absolute Gasteiger partial charge is 0.493 e. The number of nitrogens with zero attached hydrogens (tertiary/aromatic N) is 5. The van der Waals surface area contributed by atoms with E-state index < -0.39 is 6.10 Å². The molecule has 8 nitrogen and oxygen atoms in total. The highest BCUT2D eigenvalue weighted by Gasteiger charge is 2.19. The topological polar surface area (TPSA) is 66.2 Å². The monoisotopic (exact) mass is 445 g/mol. The smallest absolute Gasteiger partial charge is 0.161 e. The van der Waals surface area contributed by atoms with E-state index in [2.05, 4.69) is 44.3 Å². The molecule has 1 atom stereocenters. The van der Waals surface area contributed by atoms with Crippen molar-refractivity contribution in [3.8, 4) is 11.5 Å². The molecule has 0 spiro atoms. The highest BCUT2D eigenvalue weighted by Crippen LogP contribution is 2.28. The summed E-state index contributed by atoms with van der Waals surface area (Å²) < 4.78 is 13.6. The van der Waals surface area contributed by atoms with E-state index in [0.29, 0.717) is 18.0 Å². The lowest BCUT2D eigenvalue weighted by Crippen LogP contribution is -2.49. The number of aryl methyl sites for hydroxylation is 1. The molecule has 1 saturated heterocycles. The van der Waals surface area contributed by atoms with Crippen molar-refractivity contribution >= 4 is 0 Å². The summed E-state index contributed by atoms with van der Waals surface area (Å²) >= 11 is 0. The highest BCUT2D eigenvalue weighted by atomic mass is 16.5. The number of methoxy groups -OCH3 is 1. The second kappa shape index (κ2) is 12.2. The van der Waals surface area contributed by atoms with Crippen LogP contribution < -0.4 is 9.47 Å². The van der Waals surface area contributed by atoms with E-state index >= 15 is 0 Å². The number of imidazole rings is 1. The van der Waals surface area contributed by atoms with Gasteiger partial charge in [-0.3, -0.25) is 4.90 Å². The van der Waals surface area contributed by atoms with E-state index in [9.17, 15) is 5.11 Å². The fraction of sp³-hybridized carbons (Fsp3) is 0.625. The second-order valence-electron chi connectivity index (χ2n) is 8.59. The summed E-state index contributed by atoms with van der Waals surface area (Å²) in [6, 6.07) is 6.02. The van der Waals surface area contributed by atoms with Crippen molar-refractivity contribution in [1.29, 1.82) is 0 Å². The Morgan fingerprint density at radius 3 is 2.56 bits per heavy atom. The molecular formula is C24H39N5O3. The Morgan fingerprint density at radius 1 is 1.16 bits per heavy atom. The number of hydrogen-bond acceptors (Lipinski definition) is 7. The molecule has 0 bridgehead atoms. The Balaban J connectivity index is 1.45. The summed E-state index contributed by atoms with van der Waals surface area (Å²) in [6.45, 7) is 13.0. The molecule has 1 aromatic heterocycles. The van der Waals surface area contributed by atoms with Crippen molar-refractivity contribution in [2.45, 2.75) is 33.0 Å². The maximum Gasteiger partial charge on any atom is 0.161 e. The lowest BCUT2D eigenvalue weighted by atomic mass is 10.2. The van der Waals surface area contributed by atoms with Gasteiger partial charge in [0.25, 0.3) is 0 Å². The SMILES string of the molecule is CCN1CCN(CC(O)COc2ccc(CN(C)CCn3ccnc3C)cc2OC)CC1. The van der Waals surface area contributed by atoms with E-state index in [4.69, 9.17) is 9.47 Å². The van der Waals surface area contributed by atoms with Crippen LogP contribution in [-0.4, -0.2) is 102 Å². The molecule has 32 heavy (non-hydrogen) atoms. The van der Waals surface area contributed by atoms with Crippen LogP contribution in [0.2, 0.25) is 0 Å². The molecule has 2 heterocycles. The first-order valence-electron chi connectivity index (χ1n) is 11.6. The Morgan fingerprint density at radius 2 is 1.91 bits per heavy atom. The summed E-state index contributed by atoms with van der Waals surface area (Å²) in [5, 5.41) is 10.4. The molecule has 1 N–H and O–H groups in total. The summed E-state index contributed by atoms with van der Waals surface area (Å²) in [6.07, 6.45) is 3.32. The van der Waals surface area contributed by atoms with Crippen LogP contribution in [0.5, 0.6) is 11.5 Å². The Kier molecular flexibility index (Phi) is 9.35. The lowest BCUT2D eigenvalue weighted by molar-refractivity contribution is 0.0464. The van der Waals surface area contributed by atoms with Crippen molar-refractivity contribution < 1.29 is 14.6 Å². The molecule has 2 aromatic rings. The van der Waals surface area contributed by atoms with Crippen LogP contribution in [0.3, 0.4) is 0 Å². The van der Waals surface area contributed by atoms with Gasteiger partial charge in [-0.05, 0) is 38.2 Å². The first kappa shape index (κ1) is 24.5. The number of aromatic nitrogens is 2. The molecular weight excluding hydrogens is 406 g/mol. The van der Waals surface area contributed by atoms with Gasteiger partial charge in [0.1, 0.15) is 18.5 Å². The third-order valence-electron chi connectivity index (χ3n) is 6.14. The van der Waals surface area contributed by atoms with Crippen LogP contribution in [0.25, 0.3) is 0 Å². The number of ether oxygens (including phenoxy) is 2. The Bertz CT molecular complexity index is 820. The number of hydrogen-bond donors (Lipinski definition) is 1. The summed E-state index contributed by atoms with van der Waals surface area (Å²) in [5.74, 6) is 2.40. The van der Waals surface area contributed by atoms with Gasteiger partial charge >= 0.3 is 0 Å². The van der Waals surface area contributed by atoms with Gasteiger partial charge in [-0.25, -0.2) is 4.98 Å². The Hall–Kier alpha value is -2.13. The number of benzene rings is 1. The Labute approximate surface area is 192 Å². The van der Waals surface area contributed by atoms with Crippen LogP contribution in [0, 0.1) is 6.92 Å². The molecule has 0 amide bonds. The molecule has 1 aromatic carbocycles. The molecule has 8 heteroatoms. The van der Waals surface area contributed by atoms with Crippen molar-refractivity contribution in [1.82, 2.24) is 24.3 Å². The van der Waals surface area contributed by atoms with Gasteiger partial charge in [0.05, 0.1) is 7.11 Å². The summed E-state index contributed by atoms with van der Waals surface area (Å²) in [4.78, 5) is 11.3. The first-order valence-corrected chi connectivity index (χ1v) is 11.6. The molecule has 0 saturated carbocycles. The number of β-amino-alcohol motifs (C(OH)–C–C–N with tert-alkyl or cyclic N) is 1. The van der Waals surface area contributed by atoms with Crippen molar-refractivity contribution in [3.05, 3.63) is 42.0 Å². The van der Waals surface area contributed by atoms with Gasteiger partial charge in [0.15, 0.2) is 11.5 Å². The standard InChI is InChI=1S/C24H39N5O3/c1-5-27-11-13-28(14-12-27)18-22(30)19-32-23-7-6-21(16-24(23)31-4)17-26(3)10-15-29-9-8-25-20(29)2/h6-9,16,22,30H,5,10-15,17-19H2,1-4H3. The highest BCUT2D eigenvalue weighted by molar-refractivity contribution is 5.43. The predicted molar refractivity (Wildman–Crippen MR) is 126 cm³/mol. The minimum atomic E-state index is -0.523. The van der Waals surface area contributed by atoms with Crippen LogP contribution in [0.4, 0.5) is 0 Å². The average molecular weight is 446 g/mol. The molecule has 1 aliphatic rings. The molecule has 0 aliphatic carbocycles. The summed E-state index contributed by atoms with van der Waals surface area (Å²) in [5.41, 5.74) is 1.16. The van der Waals surface area contributed by atoms with Gasteiger partial charge in [-0.2, -0.15) is 0 Å². The minimum absolute atomic E-state index is 0.258. The van der Waals surface area contributed by atoms with Gasteiger partial charge < -0.3 is 28.9 Å². The number of rotatable bonds is 12. The lowest BCUT2D eigenvalue weighted by Gasteiger charge is -2.34. The van der Waals surface area contributed by atoms with E-state index in [1.165, 1.54) is 0 Å². The second-order valence-corrected chi connectivity index (χ2v) is 8.59. The first-order chi connectivity index (χ1) is 15.5. The van der Waals surface area contributed by atoms with Crippen LogP contribution in [0.1, 0.15) is 18.3 Å². The maximum atomic E-state index is 10.4. The molecule has 1 fully saturated rings. The zero-order chi connectivity index (χ0) is 22.9. The minimum Gasteiger partial charge on any atom is -0.493 e. The molecule has 1 unspecified atom stereocenters. The van der Waals surface area contributed by atoms with Crippen LogP contribution >= 0.6 is 0 Å². The van der Waals surface area contributed by atoms with Gasteiger partial charge in [0, 0.05) is 64.8 Å². The van der Waals surface area contributed by atoms with Crippen LogP contribution in [-0.2, 0) is 13.1 Å². The van der Waals surface area contributed by atoms with E-state index in [0.717, 1.165) is 63.7 Å².